The molecule has 2 N–H and O–H groups in total. The number of hydrogen-bond acceptors (Lipinski definition) is 4. The molecular weight excluding hydrogens is 182 g/mol. The van der Waals surface area contributed by atoms with Crippen LogP contribution in [0, 0.1) is 5.92 Å². The van der Waals surface area contributed by atoms with Gasteiger partial charge in [0.2, 0.25) is 0 Å². The molecular formula is C9H13N3O2. The molecule has 1 saturated heterocycles. The fraction of sp³-hybridized carbons (Fsp3) is 0.556. The third-order valence-electron chi connectivity index (χ3n) is 2.64. The number of nitrogens with zero attached hydrogens (tertiary/aromatic N) is 1. The van der Waals surface area contributed by atoms with E-state index in [2.05, 4.69) is 15.3 Å². The smallest absolute Gasteiger partial charge is 0.310 e. The second kappa shape index (κ2) is 3.79. The molecule has 0 amide bonds. The molecule has 76 valence electrons. The Bertz CT molecular complexity index is 310. The molecule has 0 radical (unpaired) electrons. The van der Waals surface area contributed by atoms with Gasteiger partial charge in [-0.15, -0.1) is 0 Å². The maximum absolute atomic E-state index is 11.4. The molecule has 2 unspecified atom stereocenters. The van der Waals surface area contributed by atoms with E-state index >= 15 is 0 Å². The molecule has 2 rings (SSSR count). The number of nitrogens with one attached hydrogen (secondary N) is 2. The summed E-state index contributed by atoms with van der Waals surface area (Å²) in [5.41, 5.74) is 0.991. The number of carbonyl (C=O) groups excluding carboxylic acids is 1. The molecule has 1 aliphatic rings. The summed E-state index contributed by atoms with van der Waals surface area (Å²) in [4.78, 5) is 18.4. The summed E-state index contributed by atoms with van der Waals surface area (Å²) in [5, 5.41) is 3.18. The van der Waals surface area contributed by atoms with Crippen molar-refractivity contribution in [3.8, 4) is 0 Å². The van der Waals surface area contributed by atoms with Crippen LogP contribution in [-0.4, -0.2) is 36.1 Å². The van der Waals surface area contributed by atoms with Crippen LogP contribution in [0.15, 0.2) is 12.5 Å². The van der Waals surface area contributed by atoms with Gasteiger partial charge in [-0.1, -0.05) is 0 Å². The predicted molar refractivity (Wildman–Crippen MR) is 49.7 cm³/mol. The Hall–Kier alpha value is -1.36. The minimum Gasteiger partial charge on any atom is -0.469 e. The van der Waals surface area contributed by atoms with E-state index in [-0.39, 0.29) is 17.8 Å². The highest BCUT2D eigenvalue weighted by Gasteiger charge is 2.35. The average Bonchev–Trinajstić information content (AvgIpc) is 2.85. The van der Waals surface area contributed by atoms with Gasteiger partial charge in [0.15, 0.2) is 0 Å². The quantitative estimate of drug-likeness (QED) is 0.646. The van der Waals surface area contributed by atoms with Gasteiger partial charge in [-0.2, -0.15) is 0 Å². The van der Waals surface area contributed by atoms with E-state index in [0.717, 1.165) is 12.2 Å². The zero-order valence-electron chi connectivity index (χ0n) is 7.99. The Morgan fingerprint density at radius 2 is 2.50 bits per heavy atom. The van der Waals surface area contributed by atoms with Crippen LogP contribution in [0.4, 0.5) is 0 Å². The Morgan fingerprint density at radius 1 is 1.64 bits per heavy atom. The summed E-state index contributed by atoms with van der Waals surface area (Å²) in [6.45, 7) is 1.47. The first kappa shape index (κ1) is 9.21. The van der Waals surface area contributed by atoms with Gasteiger partial charge in [0.25, 0.3) is 0 Å². The lowest BCUT2D eigenvalue weighted by Crippen LogP contribution is -2.23. The van der Waals surface area contributed by atoms with Crippen LogP contribution in [0.1, 0.15) is 11.6 Å². The summed E-state index contributed by atoms with van der Waals surface area (Å²) in [6, 6.07) is 0. The molecule has 1 aromatic heterocycles. The predicted octanol–water partition coefficient (Wildman–Crippen LogP) is -0.114. The van der Waals surface area contributed by atoms with Crippen LogP contribution < -0.4 is 5.32 Å². The van der Waals surface area contributed by atoms with Gasteiger partial charge in [0, 0.05) is 30.9 Å². The second-order valence-corrected chi connectivity index (χ2v) is 3.40. The number of methoxy groups -OCH3 is 1. The van der Waals surface area contributed by atoms with Gasteiger partial charge in [-0.05, 0) is 0 Å². The number of ether oxygens (including phenoxy) is 1. The van der Waals surface area contributed by atoms with Gasteiger partial charge in [0.05, 0.1) is 19.4 Å². The average molecular weight is 195 g/mol. The van der Waals surface area contributed by atoms with Crippen molar-refractivity contribution in [2.24, 2.45) is 5.92 Å². The number of imidazole rings is 1. The maximum atomic E-state index is 11.4. The van der Waals surface area contributed by atoms with Crippen LogP contribution in [0.2, 0.25) is 0 Å². The van der Waals surface area contributed by atoms with Crippen molar-refractivity contribution in [3.63, 3.8) is 0 Å². The van der Waals surface area contributed by atoms with Crippen LogP contribution >= 0.6 is 0 Å². The largest absolute Gasteiger partial charge is 0.469 e. The van der Waals surface area contributed by atoms with E-state index in [1.807, 2.05) is 0 Å². The maximum Gasteiger partial charge on any atom is 0.310 e. The van der Waals surface area contributed by atoms with Crippen LogP contribution in [0.25, 0.3) is 0 Å². The summed E-state index contributed by atoms with van der Waals surface area (Å²) >= 11 is 0. The minimum atomic E-state index is -0.158. The number of aromatic nitrogens is 2. The monoisotopic (exact) mass is 195 g/mol. The first-order valence-electron chi connectivity index (χ1n) is 4.59. The highest BCUT2D eigenvalue weighted by Crippen LogP contribution is 2.26. The van der Waals surface area contributed by atoms with Gasteiger partial charge in [-0.25, -0.2) is 4.98 Å². The molecule has 1 fully saturated rings. The Labute approximate surface area is 81.9 Å². The number of H-pyrrole nitrogens is 1. The van der Waals surface area contributed by atoms with Gasteiger partial charge < -0.3 is 15.0 Å². The number of rotatable bonds is 2. The highest BCUT2D eigenvalue weighted by molar-refractivity contribution is 5.74. The van der Waals surface area contributed by atoms with Crippen molar-refractivity contribution in [2.75, 3.05) is 20.2 Å². The zero-order chi connectivity index (χ0) is 9.97. The first-order chi connectivity index (χ1) is 6.83. The number of aromatic amines is 1. The number of carbonyl (C=O) groups is 1. The normalized spacial score (nSPS) is 26.4. The van der Waals surface area contributed by atoms with E-state index in [0.29, 0.717) is 6.54 Å². The summed E-state index contributed by atoms with van der Waals surface area (Å²) in [7, 11) is 1.42. The van der Waals surface area contributed by atoms with Gasteiger partial charge in [0.1, 0.15) is 0 Å². The van der Waals surface area contributed by atoms with E-state index in [9.17, 15) is 4.79 Å². The molecule has 14 heavy (non-hydrogen) atoms. The molecule has 0 saturated carbocycles. The van der Waals surface area contributed by atoms with Gasteiger partial charge in [-0.3, -0.25) is 4.79 Å². The molecule has 1 aromatic rings. The van der Waals surface area contributed by atoms with E-state index in [4.69, 9.17) is 4.74 Å². The van der Waals surface area contributed by atoms with Crippen molar-refractivity contribution in [3.05, 3.63) is 18.2 Å². The Kier molecular flexibility index (Phi) is 2.49. The molecule has 1 aliphatic heterocycles. The summed E-state index contributed by atoms with van der Waals surface area (Å²) < 4.78 is 4.75. The molecule has 5 nitrogen and oxygen atoms in total. The minimum absolute atomic E-state index is 0.0968. The molecule has 2 heterocycles. The van der Waals surface area contributed by atoms with E-state index < -0.39 is 0 Å². The Morgan fingerprint density at radius 3 is 3.14 bits per heavy atom. The lowest BCUT2D eigenvalue weighted by atomic mass is 9.93. The Balaban J connectivity index is 2.15. The lowest BCUT2D eigenvalue weighted by Gasteiger charge is -2.14. The van der Waals surface area contributed by atoms with Crippen LogP contribution in [-0.2, 0) is 9.53 Å². The van der Waals surface area contributed by atoms with Crippen molar-refractivity contribution in [1.82, 2.24) is 15.3 Å². The van der Waals surface area contributed by atoms with E-state index in [1.54, 1.807) is 12.5 Å². The fourth-order valence-electron chi connectivity index (χ4n) is 1.87. The second-order valence-electron chi connectivity index (χ2n) is 3.40. The van der Waals surface area contributed by atoms with Crippen molar-refractivity contribution in [1.29, 1.82) is 0 Å². The molecule has 0 aromatic carbocycles. The molecule has 0 bridgehead atoms. The molecule has 0 spiro atoms. The fourth-order valence-corrected chi connectivity index (χ4v) is 1.87. The zero-order valence-corrected chi connectivity index (χ0v) is 7.99. The standard InChI is InChI=1S/C9H13N3O2/c1-14-9(13)7-3-10-2-6(7)8-4-11-5-12-8/h4-7,10H,2-3H2,1H3,(H,11,12). The summed E-state index contributed by atoms with van der Waals surface area (Å²) in [5.74, 6) is -0.0972. The van der Waals surface area contributed by atoms with Crippen molar-refractivity contribution >= 4 is 5.97 Å². The van der Waals surface area contributed by atoms with Crippen LogP contribution in [0.5, 0.6) is 0 Å². The molecule has 2 atom stereocenters. The van der Waals surface area contributed by atoms with Gasteiger partial charge >= 0.3 is 5.97 Å². The first-order valence-corrected chi connectivity index (χ1v) is 4.59. The third-order valence-corrected chi connectivity index (χ3v) is 2.64. The number of hydrogen-bond donors (Lipinski definition) is 2. The highest BCUT2D eigenvalue weighted by atomic mass is 16.5. The third kappa shape index (κ3) is 1.50. The van der Waals surface area contributed by atoms with Crippen molar-refractivity contribution in [2.45, 2.75) is 5.92 Å². The molecule has 5 heteroatoms. The number of esters is 1. The van der Waals surface area contributed by atoms with Crippen molar-refractivity contribution < 1.29 is 9.53 Å². The summed E-state index contributed by atoms with van der Waals surface area (Å²) in [6.07, 6.45) is 3.38. The lowest BCUT2D eigenvalue weighted by molar-refractivity contribution is -0.145. The molecule has 0 aliphatic carbocycles. The van der Waals surface area contributed by atoms with E-state index in [1.165, 1.54) is 7.11 Å². The van der Waals surface area contributed by atoms with Crippen LogP contribution in [0.3, 0.4) is 0 Å². The SMILES string of the molecule is COC(=O)C1CNCC1c1cnc[nH]1. The topological polar surface area (TPSA) is 67.0 Å².